The van der Waals surface area contributed by atoms with Gasteiger partial charge in [0, 0.05) is 35.0 Å². The molecule has 7 heteroatoms. The van der Waals surface area contributed by atoms with Crippen molar-refractivity contribution in [3.63, 3.8) is 0 Å². The average Bonchev–Trinajstić information content (AvgIpc) is 2.85. The van der Waals surface area contributed by atoms with Gasteiger partial charge in [0.2, 0.25) is 10.0 Å². The minimum absolute atomic E-state index is 0.223. The Kier molecular flexibility index (Phi) is 7.53. The first-order valence-corrected chi connectivity index (χ1v) is 13.5. The predicted octanol–water partition coefficient (Wildman–Crippen LogP) is 5.71. The minimum Gasteiger partial charge on any atom is -0.322 e. The normalized spacial score (nSPS) is 14.7. The van der Waals surface area contributed by atoms with E-state index in [1.807, 2.05) is 24.3 Å². The number of carbonyl (C=O) groups is 1. The molecule has 4 rings (SSSR count). The predicted molar refractivity (Wildman–Crippen MR) is 134 cm³/mol. The van der Waals surface area contributed by atoms with Crippen molar-refractivity contribution >= 4 is 33.4 Å². The van der Waals surface area contributed by atoms with Crippen LogP contribution < -0.4 is 5.32 Å². The summed E-state index contributed by atoms with van der Waals surface area (Å²) in [5, 5.41) is 2.85. The van der Waals surface area contributed by atoms with Crippen LogP contribution in [0.15, 0.2) is 82.6 Å². The molecule has 1 amide bonds. The Morgan fingerprint density at radius 3 is 2.15 bits per heavy atom. The Labute approximate surface area is 200 Å². The van der Waals surface area contributed by atoms with E-state index < -0.39 is 10.0 Å². The smallest absolute Gasteiger partial charge is 0.255 e. The Bertz CT molecular complexity index is 1180. The largest absolute Gasteiger partial charge is 0.322 e. The fourth-order valence-corrected chi connectivity index (χ4v) is 6.09. The molecule has 1 N–H and O–H groups in total. The molecule has 3 aromatic rings. The lowest BCUT2D eigenvalue weighted by molar-refractivity contribution is 0.102. The lowest BCUT2D eigenvalue weighted by Crippen LogP contribution is -2.35. The van der Waals surface area contributed by atoms with E-state index in [1.165, 1.54) is 10.5 Å². The highest BCUT2D eigenvalue weighted by Crippen LogP contribution is 2.24. The first-order valence-electron chi connectivity index (χ1n) is 11.1. The zero-order chi connectivity index (χ0) is 23.3. The molecule has 0 atom stereocenters. The molecule has 1 fully saturated rings. The summed E-state index contributed by atoms with van der Waals surface area (Å²) in [5.74, 6) is 0.608. The van der Waals surface area contributed by atoms with Crippen molar-refractivity contribution in [1.82, 2.24) is 4.31 Å². The van der Waals surface area contributed by atoms with Crippen molar-refractivity contribution in [2.75, 3.05) is 18.4 Å². The molecular formula is C26H28N2O3S2. The monoisotopic (exact) mass is 480 g/mol. The van der Waals surface area contributed by atoms with Gasteiger partial charge in [0.05, 0.1) is 4.90 Å². The minimum atomic E-state index is -3.47. The first kappa shape index (κ1) is 23.5. The van der Waals surface area contributed by atoms with Gasteiger partial charge in [-0.05, 0) is 73.9 Å². The molecule has 172 valence electrons. The van der Waals surface area contributed by atoms with Crippen LogP contribution in [-0.4, -0.2) is 31.7 Å². The van der Waals surface area contributed by atoms with Gasteiger partial charge in [0.15, 0.2) is 0 Å². The standard InChI is InChI=1S/C26H28N2O3S2/c1-20-5-13-24(14-6-20)32-19-21-7-9-22(10-8-21)26(29)27-23-11-15-25(16-12-23)33(30,31)28-17-3-2-4-18-28/h5-16H,2-4,17-19H2,1H3,(H,27,29). The summed E-state index contributed by atoms with van der Waals surface area (Å²) in [7, 11) is -3.47. The van der Waals surface area contributed by atoms with Crippen LogP contribution in [0.2, 0.25) is 0 Å². The zero-order valence-electron chi connectivity index (χ0n) is 18.7. The van der Waals surface area contributed by atoms with Crippen LogP contribution in [-0.2, 0) is 15.8 Å². The van der Waals surface area contributed by atoms with Crippen LogP contribution in [0.25, 0.3) is 0 Å². The van der Waals surface area contributed by atoms with E-state index >= 15 is 0 Å². The van der Waals surface area contributed by atoms with Crippen LogP contribution in [0.5, 0.6) is 0 Å². The molecule has 33 heavy (non-hydrogen) atoms. The number of amides is 1. The second kappa shape index (κ2) is 10.5. The molecule has 0 saturated carbocycles. The molecule has 1 aliphatic heterocycles. The van der Waals surface area contributed by atoms with E-state index in [4.69, 9.17) is 0 Å². The summed E-state index contributed by atoms with van der Waals surface area (Å²) in [4.78, 5) is 14.1. The highest BCUT2D eigenvalue weighted by molar-refractivity contribution is 7.98. The van der Waals surface area contributed by atoms with Crippen LogP contribution in [0, 0.1) is 6.92 Å². The number of piperidine rings is 1. The molecule has 5 nitrogen and oxygen atoms in total. The van der Waals surface area contributed by atoms with E-state index in [0.717, 1.165) is 30.6 Å². The molecule has 1 aliphatic rings. The Balaban J connectivity index is 1.34. The number of hydrogen-bond donors (Lipinski definition) is 1. The summed E-state index contributed by atoms with van der Waals surface area (Å²) in [6.07, 6.45) is 2.87. The Hall–Kier alpha value is -2.61. The van der Waals surface area contributed by atoms with Crippen molar-refractivity contribution in [3.8, 4) is 0 Å². The molecule has 0 aliphatic carbocycles. The molecule has 1 saturated heterocycles. The van der Waals surface area contributed by atoms with Crippen molar-refractivity contribution < 1.29 is 13.2 Å². The van der Waals surface area contributed by atoms with E-state index in [2.05, 4.69) is 36.5 Å². The molecular weight excluding hydrogens is 452 g/mol. The second-order valence-electron chi connectivity index (χ2n) is 8.24. The maximum absolute atomic E-state index is 12.8. The lowest BCUT2D eigenvalue weighted by atomic mass is 10.1. The number of thioether (sulfide) groups is 1. The molecule has 0 radical (unpaired) electrons. The van der Waals surface area contributed by atoms with Gasteiger partial charge in [-0.3, -0.25) is 4.79 Å². The fraction of sp³-hybridized carbons (Fsp3) is 0.269. The van der Waals surface area contributed by atoms with Gasteiger partial charge in [-0.15, -0.1) is 11.8 Å². The van der Waals surface area contributed by atoms with Crippen LogP contribution in [0.3, 0.4) is 0 Å². The van der Waals surface area contributed by atoms with Gasteiger partial charge in [0.1, 0.15) is 0 Å². The van der Waals surface area contributed by atoms with Crippen LogP contribution in [0.4, 0.5) is 5.69 Å². The third-order valence-corrected chi connectivity index (χ3v) is 8.70. The number of benzene rings is 3. The third kappa shape index (κ3) is 6.05. The van der Waals surface area contributed by atoms with Crippen molar-refractivity contribution in [2.24, 2.45) is 0 Å². The summed E-state index contributed by atoms with van der Waals surface area (Å²) in [6, 6.07) is 22.4. The third-order valence-electron chi connectivity index (χ3n) is 5.71. The Morgan fingerprint density at radius 1 is 0.879 bits per heavy atom. The number of aryl methyl sites for hydroxylation is 1. The number of nitrogens with zero attached hydrogens (tertiary/aromatic N) is 1. The topological polar surface area (TPSA) is 66.5 Å². The molecule has 3 aromatic carbocycles. The molecule has 0 unspecified atom stereocenters. The SMILES string of the molecule is Cc1ccc(SCc2ccc(C(=O)Nc3ccc(S(=O)(=O)N4CCCCC4)cc3)cc2)cc1. The number of anilines is 1. The van der Waals surface area contributed by atoms with Gasteiger partial charge in [-0.25, -0.2) is 8.42 Å². The van der Waals surface area contributed by atoms with Crippen LogP contribution in [0.1, 0.15) is 40.7 Å². The van der Waals surface area contributed by atoms with Gasteiger partial charge < -0.3 is 5.32 Å². The van der Waals surface area contributed by atoms with E-state index in [9.17, 15) is 13.2 Å². The number of hydrogen-bond acceptors (Lipinski definition) is 4. The van der Waals surface area contributed by atoms with Gasteiger partial charge in [-0.1, -0.05) is 36.2 Å². The Morgan fingerprint density at radius 2 is 1.52 bits per heavy atom. The summed E-state index contributed by atoms with van der Waals surface area (Å²) in [6.45, 7) is 3.21. The van der Waals surface area contributed by atoms with E-state index in [0.29, 0.717) is 24.3 Å². The molecule has 0 spiro atoms. The number of nitrogens with one attached hydrogen (secondary N) is 1. The van der Waals surface area contributed by atoms with Crippen molar-refractivity contribution in [2.45, 2.75) is 41.7 Å². The van der Waals surface area contributed by atoms with Gasteiger partial charge in [0.25, 0.3) is 5.91 Å². The van der Waals surface area contributed by atoms with E-state index in [1.54, 1.807) is 40.3 Å². The second-order valence-corrected chi connectivity index (χ2v) is 11.2. The zero-order valence-corrected chi connectivity index (χ0v) is 20.3. The molecule has 0 bridgehead atoms. The quantitative estimate of drug-likeness (QED) is 0.440. The fourth-order valence-electron chi connectivity index (χ4n) is 3.72. The first-order chi connectivity index (χ1) is 15.9. The molecule has 1 heterocycles. The van der Waals surface area contributed by atoms with E-state index in [-0.39, 0.29) is 10.8 Å². The van der Waals surface area contributed by atoms with Gasteiger partial charge >= 0.3 is 0 Å². The lowest BCUT2D eigenvalue weighted by Gasteiger charge is -2.25. The number of sulfonamides is 1. The van der Waals surface area contributed by atoms with Crippen LogP contribution >= 0.6 is 11.8 Å². The summed E-state index contributed by atoms with van der Waals surface area (Å²) >= 11 is 1.76. The number of carbonyl (C=O) groups excluding carboxylic acids is 1. The average molecular weight is 481 g/mol. The maximum Gasteiger partial charge on any atom is 0.255 e. The highest BCUT2D eigenvalue weighted by atomic mass is 32.2. The van der Waals surface area contributed by atoms with Crippen molar-refractivity contribution in [1.29, 1.82) is 0 Å². The number of rotatable bonds is 7. The van der Waals surface area contributed by atoms with Crippen molar-refractivity contribution in [3.05, 3.63) is 89.5 Å². The van der Waals surface area contributed by atoms with Gasteiger partial charge in [-0.2, -0.15) is 4.31 Å². The highest BCUT2D eigenvalue weighted by Gasteiger charge is 2.25. The summed E-state index contributed by atoms with van der Waals surface area (Å²) < 4.78 is 27.1. The summed E-state index contributed by atoms with van der Waals surface area (Å²) in [5.41, 5.74) is 3.51. The maximum atomic E-state index is 12.8. The molecule has 0 aromatic heterocycles.